The number of halogens is 1. The third-order valence-corrected chi connectivity index (χ3v) is 7.40. The highest BCUT2D eigenvalue weighted by Crippen LogP contribution is 2.45. The average Bonchev–Trinajstić information content (AvgIpc) is 3.13. The molecule has 0 aliphatic carbocycles. The summed E-state index contributed by atoms with van der Waals surface area (Å²) in [5.74, 6) is 0.331. The van der Waals surface area contributed by atoms with Gasteiger partial charge in [-0.1, -0.05) is 41.9 Å². The highest BCUT2D eigenvalue weighted by atomic mass is 35.5. The zero-order valence-electron chi connectivity index (χ0n) is 16.9. The Kier molecular flexibility index (Phi) is 5.62. The van der Waals surface area contributed by atoms with Gasteiger partial charge in [0.1, 0.15) is 11.4 Å². The van der Waals surface area contributed by atoms with Crippen LogP contribution in [0.3, 0.4) is 0 Å². The molecule has 0 saturated carbocycles. The predicted octanol–water partition coefficient (Wildman–Crippen LogP) is 5.78. The Morgan fingerprint density at radius 2 is 1.65 bits per heavy atom. The second-order valence-corrected chi connectivity index (χ2v) is 10.2. The number of hydrogen-bond donors (Lipinski definition) is 0. The van der Waals surface area contributed by atoms with Crippen molar-refractivity contribution in [3.05, 3.63) is 105 Å². The quantitative estimate of drug-likeness (QED) is 0.495. The fourth-order valence-corrected chi connectivity index (χ4v) is 5.58. The van der Waals surface area contributed by atoms with Gasteiger partial charge in [-0.25, -0.2) is 8.42 Å². The lowest BCUT2D eigenvalue weighted by Crippen LogP contribution is -2.27. The van der Waals surface area contributed by atoms with Gasteiger partial charge in [0.2, 0.25) is 9.84 Å². The van der Waals surface area contributed by atoms with Crippen LogP contribution in [0.1, 0.15) is 30.0 Å². The van der Waals surface area contributed by atoms with Crippen molar-refractivity contribution in [3.63, 3.8) is 0 Å². The molecule has 3 aromatic carbocycles. The molecule has 1 atom stereocenters. The highest BCUT2D eigenvalue weighted by molar-refractivity contribution is 7.95. The molecule has 3 aromatic rings. The number of nitrogens with zero attached hydrogens (tertiary/aromatic N) is 1. The van der Waals surface area contributed by atoms with Crippen LogP contribution in [-0.2, 0) is 21.0 Å². The van der Waals surface area contributed by atoms with Gasteiger partial charge in [-0.2, -0.15) is 5.26 Å². The van der Waals surface area contributed by atoms with Crippen LogP contribution in [0.5, 0.6) is 0 Å². The van der Waals surface area contributed by atoms with Gasteiger partial charge in [0.05, 0.1) is 21.4 Å². The second-order valence-electron chi connectivity index (χ2n) is 7.79. The maximum atomic E-state index is 13.6. The average molecular weight is 450 g/mol. The van der Waals surface area contributed by atoms with Gasteiger partial charge in [0, 0.05) is 23.4 Å². The van der Waals surface area contributed by atoms with E-state index in [0.717, 1.165) is 5.56 Å². The molecule has 0 fully saturated rings. The van der Waals surface area contributed by atoms with E-state index >= 15 is 0 Å². The lowest BCUT2D eigenvalue weighted by atomic mass is 9.94. The van der Waals surface area contributed by atoms with Crippen LogP contribution in [0, 0.1) is 11.3 Å². The number of rotatable bonds is 5. The molecule has 156 valence electrons. The standard InChI is InChI=1S/C25H20ClNO3S/c1-25(15-18-5-3-2-4-6-18)16-23(31(28,29)22-13-11-21(26)12-14-22)24(30-25)20-9-7-19(17-27)8-10-20/h2-14H,15-16H2,1H3. The van der Waals surface area contributed by atoms with E-state index in [4.69, 9.17) is 21.6 Å². The topological polar surface area (TPSA) is 67.2 Å². The van der Waals surface area contributed by atoms with Crippen LogP contribution in [0.25, 0.3) is 5.76 Å². The molecule has 0 saturated heterocycles. The minimum Gasteiger partial charge on any atom is -0.485 e. The normalized spacial score (nSPS) is 18.5. The summed E-state index contributed by atoms with van der Waals surface area (Å²) in [6.07, 6.45) is 0.801. The van der Waals surface area contributed by atoms with Crippen molar-refractivity contribution in [2.45, 2.75) is 30.3 Å². The fourth-order valence-electron chi connectivity index (χ4n) is 3.77. The molecule has 6 heteroatoms. The van der Waals surface area contributed by atoms with Crippen molar-refractivity contribution in [1.29, 1.82) is 5.26 Å². The summed E-state index contributed by atoms with van der Waals surface area (Å²) in [4.78, 5) is 0.406. The molecule has 4 rings (SSSR count). The molecule has 1 aliphatic rings. The van der Waals surface area contributed by atoms with E-state index in [9.17, 15) is 8.42 Å². The monoisotopic (exact) mass is 449 g/mol. The molecule has 0 amide bonds. The molecule has 1 heterocycles. The van der Waals surface area contributed by atoms with Crippen molar-refractivity contribution >= 4 is 27.2 Å². The molecule has 0 spiro atoms. The number of ether oxygens (including phenoxy) is 1. The predicted molar refractivity (Wildman–Crippen MR) is 121 cm³/mol. The zero-order chi connectivity index (χ0) is 22.1. The first-order valence-corrected chi connectivity index (χ1v) is 11.6. The number of sulfone groups is 1. The van der Waals surface area contributed by atoms with Gasteiger partial charge in [-0.3, -0.25) is 0 Å². The Balaban J connectivity index is 1.79. The van der Waals surface area contributed by atoms with E-state index < -0.39 is 15.4 Å². The lowest BCUT2D eigenvalue weighted by Gasteiger charge is -2.25. The number of nitriles is 1. The zero-order valence-corrected chi connectivity index (χ0v) is 18.5. The van der Waals surface area contributed by atoms with Crippen molar-refractivity contribution in [1.82, 2.24) is 0 Å². The van der Waals surface area contributed by atoms with Crippen LogP contribution in [-0.4, -0.2) is 14.0 Å². The molecule has 1 aliphatic heterocycles. The number of hydrogen-bond acceptors (Lipinski definition) is 4. The molecule has 0 radical (unpaired) electrons. The van der Waals surface area contributed by atoms with Gasteiger partial charge >= 0.3 is 0 Å². The van der Waals surface area contributed by atoms with Crippen molar-refractivity contribution in [2.75, 3.05) is 0 Å². The van der Waals surface area contributed by atoms with Crippen LogP contribution in [0.4, 0.5) is 0 Å². The van der Waals surface area contributed by atoms with Crippen molar-refractivity contribution in [2.24, 2.45) is 0 Å². The van der Waals surface area contributed by atoms with Crippen LogP contribution >= 0.6 is 11.6 Å². The smallest absolute Gasteiger partial charge is 0.206 e. The van der Waals surface area contributed by atoms with E-state index in [1.807, 2.05) is 37.3 Å². The van der Waals surface area contributed by atoms with Crippen molar-refractivity contribution in [3.8, 4) is 6.07 Å². The first-order valence-electron chi connectivity index (χ1n) is 9.78. The Morgan fingerprint density at radius 3 is 2.26 bits per heavy atom. The minimum atomic E-state index is -3.80. The van der Waals surface area contributed by atoms with Gasteiger partial charge in [-0.05, 0) is 61.0 Å². The van der Waals surface area contributed by atoms with Gasteiger partial charge in [-0.15, -0.1) is 0 Å². The van der Waals surface area contributed by atoms with E-state index in [1.54, 1.807) is 36.4 Å². The van der Waals surface area contributed by atoms with E-state index in [0.29, 0.717) is 28.3 Å². The first-order chi connectivity index (χ1) is 14.8. The van der Waals surface area contributed by atoms with E-state index in [1.165, 1.54) is 12.1 Å². The molecule has 0 bridgehead atoms. The molecule has 31 heavy (non-hydrogen) atoms. The largest absolute Gasteiger partial charge is 0.485 e. The van der Waals surface area contributed by atoms with Crippen LogP contribution < -0.4 is 0 Å². The summed E-state index contributed by atoms with van der Waals surface area (Å²) < 4.78 is 33.5. The molecule has 4 nitrogen and oxygen atoms in total. The maximum absolute atomic E-state index is 13.6. The summed E-state index contributed by atoms with van der Waals surface area (Å²) in [6, 6.07) is 24.8. The third kappa shape index (κ3) is 4.36. The molecule has 1 unspecified atom stereocenters. The fraction of sp³-hybridized carbons (Fsp3) is 0.160. The van der Waals surface area contributed by atoms with E-state index in [-0.39, 0.29) is 16.2 Å². The summed E-state index contributed by atoms with van der Waals surface area (Å²) >= 11 is 5.95. The Labute approximate surface area is 187 Å². The first kappa shape index (κ1) is 21.2. The molecular formula is C25H20ClNO3S. The molecule has 0 aromatic heterocycles. The minimum absolute atomic E-state index is 0.172. The number of benzene rings is 3. The second kappa shape index (κ2) is 8.22. The Bertz CT molecular complexity index is 1280. The highest BCUT2D eigenvalue weighted by Gasteiger charge is 2.43. The van der Waals surface area contributed by atoms with E-state index in [2.05, 4.69) is 6.07 Å². The Morgan fingerprint density at radius 1 is 1.00 bits per heavy atom. The summed E-state index contributed by atoms with van der Waals surface area (Å²) in [6.45, 7) is 1.92. The molecular weight excluding hydrogens is 430 g/mol. The summed E-state index contributed by atoms with van der Waals surface area (Å²) in [5, 5.41) is 9.56. The SMILES string of the molecule is CC1(Cc2ccccc2)CC(S(=O)(=O)c2ccc(Cl)cc2)=C(c2ccc(C#N)cc2)O1. The van der Waals surface area contributed by atoms with Crippen molar-refractivity contribution < 1.29 is 13.2 Å². The third-order valence-electron chi connectivity index (χ3n) is 5.28. The molecule has 0 N–H and O–H groups in total. The lowest BCUT2D eigenvalue weighted by molar-refractivity contribution is 0.0800. The van der Waals surface area contributed by atoms with Gasteiger partial charge in [0.25, 0.3) is 0 Å². The van der Waals surface area contributed by atoms with Crippen LogP contribution in [0.2, 0.25) is 5.02 Å². The summed E-state index contributed by atoms with van der Waals surface area (Å²) in [7, 11) is -3.80. The van der Waals surface area contributed by atoms with Crippen LogP contribution in [0.15, 0.2) is 88.7 Å². The summed E-state index contributed by atoms with van der Waals surface area (Å²) in [5.41, 5.74) is 1.47. The maximum Gasteiger partial charge on any atom is 0.206 e. The Hall–Kier alpha value is -3.07. The van der Waals surface area contributed by atoms with Gasteiger partial charge in [0.15, 0.2) is 0 Å². The van der Waals surface area contributed by atoms with Gasteiger partial charge < -0.3 is 4.74 Å².